The molecule has 148 valence electrons. The third kappa shape index (κ3) is 3.71. The van der Waals surface area contributed by atoms with Gasteiger partial charge in [-0.05, 0) is 18.2 Å². The number of fused-ring (bicyclic) bond motifs is 1. The van der Waals surface area contributed by atoms with Crippen LogP contribution in [0.2, 0.25) is 0 Å². The van der Waals surface area contributed by atoms with Gasteiger partial charge in [-0.3, -0.25) is 9.36 Å². The number of ether oxygens (including phenoxy) is 1. The molecule has 0 spiro atoms. The van der Waals surface area contributed by atoms with E-state index < -0.39 is 0 Å². The molecule has 9 nitrogen and oxygen atoms in total. The number of benzene rings is 1. The van der Waals surface area contributed by atoms with Gasteiger partial charge >= 0.3 is 0 Å². The van der Waals surface area contributed by atoms with E-state index in [1.54, 1.807) is 18.4 Å². The molecule has 0 aliphatic carbocycles. The highest BCUT2D eigenvalue weighted by molar-refractivity contribution is 7.15. The van der Waals surface area contributed by atoms with Gasteiger partial charge in [-0.1, -0.05) is 11.3 Å². The lowest BCUT2D eigenvalue weighted by Gasteiger charge is -2.35. The quantitative estimate of drug-likeness (QED) is 0.644. The van der Waals surface area contributed by atoms with Crippen molar-refractivity contribution >= 4 is 33.1 Å². The van der Waals surface area contributed by atoms with Gasteiger partial charge < -0.3 is 19.6 Å². The van der Waals surface area contributed by atoms with Crippen LogP contribution in [-0.2, 0) is 17.9 Å². The van der Waals surface area contributed by atoms with Gasteiger partial charge in [0, 0.05) is 39.0 Å². The second-order valence-corrected chi connectivity index (χ2v) is 7.59. The lowest BCUT2D eigenvalue weighted by molar-refractivity contribution is 0.184. The van der Waals surface area contributed by atoms with Crippen LogP contribution in [0.5, 0.6) is 0 Å². The topological polar surface area (TPSA) is 96.6 Å². The largest absolute Gasteiger partial charge is 0.395 e. The molecule has 28 heavy (non-hydrogen) atoms. The number of nitrogens with zero attached hydrogens (tertiary/aromatic N) is 6. The van der Waals surface area contributed by atoms with Crippen LogP contribution in [0.15, 0.2) is 29.3 Å². The molecule has 1 N–H and O–H groups in total. The molecule has 1 aliphatic rings. The first-order chi connectivity index (χ1) is 13.7. The van der Waals surface area contributed by atoms with Gasteiger partial charge in [0.15, 0.2) is 0 Å². The fraction of sp³-hybridized carbons (Fsp3) is 0.444. The van der Waals surface area contributed by atoms with Crippen LogP contribution in [0.3, 0.4) is 0 Å². The van der Waals surface area contributed by atoms with Gasteiger partial charge in [-0.25, -0.2) is 4.98 Å². The number of aliphatic hydroxyl groups is 1. The summed E-state index contributed by atoms with van der Waals surface area (Å²) in [6.45, 7) is 4.07. The molecular formula is C18H22N6O3S. The van der Waals surface area contributed by atoms with E-state index >= 15 is 0 Å². The number of rotatable bonds is 6. The van der Waals surface area contributed by atoms with Gasteiger partial charge in [0.05, 0.1) is 30.4 Å². The van der Waals surface area contributed by atoms with E-state index in [0.717, 1.165) is 42.0 Å². The fourth-order valence-electron chi connectivity index (χ4n) is 3.32. The first-order valence-corrected chi connectivity index (χ1v) is 9.92. The van der Waals surface area contributed by atoms with Gasteiger partial charge in [-0.15, -0.1) is 10.2 Å². The molecule has 0 atom stereocenters. The second kappa shape index (κ2) is 8.21. The number of hydrogen-bond acceptors (Lipinski definition) is 9. The van der Waals surface area contributed by atoms with Crippen molar-refractivity contribution < 1.29 is 9.84 Å². The van der Waals surface area contributed by atoms with Crippen LogP contribution < -0.4 is 15.4 Å². The van der Waals surface area contributed by atoms with Crippen molar-refractivity contribution in [3.8, 4) is 0 Å². The summed E-state index contributed by atoms with van der Waals surface area (Å²) in [5.74, 6) is 0. The third-order valence-electron chi connectivity index (χ3n) is 4.79. The molecule has 1 fully saturated rings. The number of methoxy groups -OCH3 is 1. The van der Waals surface area contributed by atoms with Crippen LogP contribution in [0, 0.1) is 0 Å². The second-order valence-electron chi connectivity index (χ2n) is 6.55. The molecule has 0 radical (unpaired) electrons. The van der Waals surface area contributed by atoms with Crippen LogP contribution in [0.4, 0.5) is 10.8 Å². The summed E-state index contributed by atoms with van der Waals surface area (Å²) in [7, 11) is 1.65. The van der Waals surface area contributed by atoms with Gasteiger partial charge in [0.2, 0.25) is 5.13 Å². The van der Waals surface area contributed by atoms with E-state index in [9.17, 15) is 4.79 Å². The Kier molecular flexibility index (Phi) is 5.51. The van der Waals surface area contributed by atoms with E-state index in [0.29, 0.717) is 17.5 Å². The Morgan fingerprint density at radius 3 is 2.71 bits per heavy atom. The molecule has 2 aromatic heterocycles. The monoisotopic (exact) mass is 402 g/mol. The summed E-state index contributed by atoms with van der Waals surface area (Å²) in [5, 5.41) is 19.8. The lowest BCUT2D eigenvalue weighted by Crippen LogP contribution is -2.46. The first-order valence-electron chi connectivity index (χ1n) is 9.11. The lowest BCUT2D eigenvalue weighted by atomic mass is 10.2. The molecule has 0 unspecified atom stereocenters. The first kappa shape index (κ1) is 18.8. The van der Waals surface area contributed by atoms with Crippen molar-refractivity contribution in [3.05, 3.63) is 39.9 Å². The van der Waals surface area contributed by atoms with Crippen molar-refractivity contribution in [2.45, 2.75) is 13.2 Å². The predicted octanol–water partition coefficient (Wildman–Crippen LogP) is 0.713. The number of piperazine rings is 1. The van der Waals surface area contributed by atoms with E-state index in [4.69, 9.17) is 9.84 Å². The zero-order valence-corrected chi connectivity index (χ0v) is 16.4. The number of aromatic nitrogens is 4. The van der Waals surface area contributed by atoms with Crippen molar-refractivity contribution in [3.63, 3.8) is 0 Å². The highest BCUT2D eigenvalue weighted by Gasteiger charge is 2.21. The van der Waals surface area contributed by atoms with E-state index in [-0.39, 0.29) is 18.7 Å². The van der Waals surface area contributed by atoms with E-state index in [2.05, 4.69) is 25.0 Å². The molecule has 1 saturated heterocycles. The zero-order chi connectivity index (χ0) is 19.5. The summed E-state index contributed by atoms with van der Waals surface area (Å²) in [5.41, 5.74) is 1.60. The average Bonchev–Trinajstić information content (AvgIpc) is 3.19. The van der Waals surface area contributed by atoms with E-state index in [1.165, 1.54) is 10.9 Å². The molecule has 3 heterocycles. The Hall–Kier alpha value is -2.56. The minimum atomic E-state index is -0.126. The molecule has 1 aromatic carbocycles. The molecule has 4 rings (SSSR count). The van der Waals surface area contributed by atoms with E-state index in [1.807, 2.05) is 18.2 Å². The SMILES string of the molecule is COCc1nnc(N2CCN(c3ccc4c(=O)n(CCO)cnc4c3)CC2)s1. The Labute approximate surface area is 165 Å². The number of anilines is 2. The summed E-state index contributed by atoms with van der Waals surface area (Å²) in [6.07, 6.45) is 1.50. The van der Waals surface area contributed by atoms with Crippen molar-refractivity contribution in [2.75, 3.05) is 49.7 Å². The molecule has 10 heteroatoms. The van der Waals surface area contributed by atoms with Crippen LogP contribution in [0.25, 0.3) is 10.9 Å². The molecule has 1 aliphatic heterocycles. The van der Waals surface area contributed by atoms with Crippen LogP contribution >= 0.6 is 11.3 Å². The standard InChI is InChI=1S/C18H22N6O3S/c1-27-11-16-20-21-18(28-16)23-6-4-22(5-7-23)13-2-3-14-15(10-13)19-12-24(8-9-25)17(14)26/h2-3,10,12,25H,4-9,11H2,1H3. The summed E-state index contributed by atoms with van der Waals surface area (Å²) >= 11 is 1.57. The maximum absolute atomic E-state index is 12.4. The smallest absolute Gasteiger partial charge is 0.261 e. The Bertz CT molecular complexity index is 1010. The normalized spacial score (nSPS) is 14.8. The number of hydrogen-bond donors (Lipinski definition) is 1. The average molecular weight is 402 g/mol. The molecule has 0 amide bonds. The molecule has 0 saturated carbocycles. The predicted molar refractivity (Wildman–Crippen MR) is 108 cm³/mol. The fourth-order valence-corrected chi connectivity index (χ4v) is 4.18. The summed E-state index contributed by atoms with van der Waals surface area (Å²) in [6, 6.07) is 5.74. The Morgan fingerprint density at radius 1 is 1.18 bits per heavy atom. The van der Waals surface area contributed by atoms with Crippen LogP contribution in [-0.4, -0.2) is 64.8 Å². The number of aliphatic hydroxyl groups excluding tert-OH is 1. The minimum absolute atomic E-state index is 0.0863. The molecule has 3 aromatic rings. The molecule has 0 bridgehead atoms. The van der Waals surface area contributed by atoms with Crippen molar-refractivity contribution in [2.24, 2.45) is 0 Å². The minimum Gasteiger partial charge on any atom is -0.395 e. The van der Waals surface area contributed by atoms with Gasteiger partial charge in [0.25, 0.3) is 5.56 Å². The third-order valence-corrected chi connectivity index (χ3v) is 5.75. The van der Waals surface area contributed by atoms with Crippen molar-refractivity contribution in [1.82, 2.24) is 19.7 Å². The Balaban J connectivity index is 1.47. The maximum Gasteiger partial charge on any atom is 0.261 e. The highest BCUT2D eigenvalue weighted by atomic mass is 32.1. The zero-order valence-electron chi connectivity index (χ0n) is 15.6. The van der Waals surface area contributed by atoms with Crippen molar-refractivity contribution in [1.29, 1.82) is 0 Å². The van der Waals surface area contributed by atoms with Crippen LogP contribution in [0.1, 0.15) is 5.01 Å². The molecular weight excluding hydrogens is 380 g/mol. The maximum atomic E-state index is 12.4. The van der Waals surface area contributed by atoms with Gasteiger partial charge in [-0.2, -0.15) is 0 Å². The summed E-state index contributed by atoms with van der Waals surface area (Å²) < 4.78 is 6.54. The van der Waals surface area contributed by atoms with Gasteiger partial charge in [0.1, 0.15) is 11.6 Å². The Morgan fingerprint density at radius 2 is 1.96 bits per heavy atom. The summed E-state index contributed by atoms with van der Waals surface area (Å²) in [4.78, 5) is 21.3. The highest BCUT2D eigenvalue weighted by Crippen LogP contribution is 2.25.